The van der Waals surface area contributed by atoms with Gasteiger partial charge in [0.15, 0.2) is 0 Å². The number of carbonyl (C=O) groups excluding carboxylic acids is 1. The molecule has 4 nitrogen and oxygen atoms in total. The third kappa shape index (κ3) is 3.63. The van der Waals surface area contributed by atoms with Crippen LogP contribution in [0.15, 0.2) is 34.7 Å². The average molecular weight is 272 g/mol. The molecule has 1 aromatic carbocycles. The summed E-state index contributed by atoms with van der Waals surface area (Å²) in [5.41, 5.74) is 3.04. The van der Waals surface area contributed by atoms with Crippen molar-refractivity contribution in [1.29, 1.82) is 0 Å². The van der Waals surface area contributed by atoms with Crippen LogP contribution in [0.3, 0.4) is 0 Å². The Morgan fingerprint density at radius 3 is 2.30 bits per heavy atom. The largest absolute Gasteiger partial charge is 0.464 e. The average Bonchev–Trinajstić information content (AvgIpc) is 2.74. The number of hydrogen-bond donors (Lipinski definition) is 2. The number of amides is 2. The summed E-state index contributed by atoms with van der Waals surface area (Å²) in [5.74, 6) is 1.58. The lowest BCUT2D eigenvalue weighted by Crippen LogP contribution is -2.31. The first kappa shape index (κ1) is 14.2. The van der Waals surface area contributed by atoms with Crippen molar-refractivity contribution in [2.75, 3.05) is 5.32 Å². The summed E-state index contributed by atoms with van der Waals surface area (Å²) >= 11 is 0. The zero-order chi connectivity index (χ0) is 14.7. The van der Waals surface area contributed by atoms with Crippen molar-refractivity contribution in [3.63, 3.8) is 0 Å². The number of anilines is 1. The zero-order valence-electron chi connectivity index (χ0n) is 12.3. The fourth-order valence-electron chi connectivity index (χ4n) is 2.17. The highest BCUT2D eigenvalue weighted by Crippen LogP contribution is 2.17. The van der Waals surface area contributed by atoms with Gasteiger partial charge in [-0.05, 0) is 63.1 Å². The second-order valence-electron chi connectivity index (χ2n) is 5.14. The highest BCUT2D eigenvalue weighted by molar-refractivity contribution is 5.89. The molecule has 0 unspecified atom stereocenters. The predicted octanol–water partition coefficient (Wildman–Crippen LogP) is 4.09. The lowest BCUT2D eigenvalue weighted by Gasteiger charge is -2.13. The lowest BCUT2D eigenvalue weighted by molar-refractivity contribution is 0.247. The number of urea groups is 1. The lowest BCUT2D eigenvalue weighted by atomic mass is 10.1. The number of hydrogen-bond acceptors (Lipinski definition) is 2. The van der Waals surface area contributed by atoms with Crippen LogP contribution in [0.25, 0.3) is 0 Å². The first-order valence-electron chi connectivity index (χ1n) is 6.66. The van der Waals surface area contributed by atoms with E-state index >= 15 is 0 Å². The first-order valence-corrected chi connectivity index (χ1v) is 6.66. The number of aryl methyl sites for hydroxylation is 3. The molecule has 1 heterocycles. The number of benzene rings is 1. The molecule has 0 aliphatic heterocycles. The maximum Gasteiger partial charge on any atom is 0.319 e. The van der Waals surface area contributed by atoms with Crippen LogP contribution in [0.1, 0.15) is 35.6 Å². The van der Waals surface area contributed by atoms with Gasteiger partial charge in [0.25, 0.3) is 0 Å². The summed E-state index contributed by atoms with van der Waals surface area (Å²) in [6.45, 7) is 7.78. The van der Waals surface area contributed by atoms with Gasteiger partial charge in [0.1, 0.15) is 11.5 Å². The normalized spacial score (nSPS) is 12.0. The van der Waals surface area contributed by atoms with E-state index in [0.717, 1.165) is 28.3 Å². The Labute approximate surface area is 119 Å². The van der Waals surface area contributed by atoms with Crippen molar-refractivity contribution in [2.24, 2.45) is 0 Å². The Hall–Kier alpha value is -2.23. The van der Waals surface area contributed by atoms with Crippen LogP contribution in [-0.4, -0.2) is 6.03 Å². The van der Waals surface area contributed by atoms with Crippen molar-refractivity contribution in [3.8, 4) is 0 Å². The molecule has 4 heteroatoms. The van der Waals surface area contributed by atoms with Crippen LogP contribution in [0.5, 0.6) is 0 Å². The van der Waals surface area contributed by atoms with E-state index in [1.165, 1.54) is 0 Å². The Balaban J connectivity index is 1.98. The molecule has 0 saturated carbocycles. The minimum atomic E-state index is -0.239. The van der Waals surface area contributed by atoms with Crippen LogP contribution >= 0.6 is 0 Å². The topological polar surface area (TPSA) is 54.3 Å². The van der Waals surface area contributed by atoms with Crippen molar-refractivity contribution >= 4 is 11.7 Å². The van der Waals surface area contributed by atoms with E-state index in [-0.39, 0.29) is 12.1 Å². The highest BCUT2D eigenvalue weighted by atomic mass is 16.3. The molecule has 106 valence electrons. The van der Waals surface area contributed by atoms with E-state index in [4.69, 9.17) is 4.42 Å². The predicted molar refractivity (Wildman–Crippen MR) is 79.9 cm³/mol. The maximum absolute atomic E-state index is 12.0. The van der Waals surface area contributed by atoms with E-state index in [9.17, 15) is 4.79 Å². The second-order valence-corrected chi connectivity index (χ2v) is 5.14. The summed E-state index contributed by atoms with van der Waals surface area (Å²) in [4.78, 5) is 12.0. The third-order valence-corrected chi connectivity index (χ3v) is 3.02. The quantitative estimate of drug-likeness (QED) is 0.884. The smallest absolute Gasteiger partial charge is 0.319 e. The van der Waals surface area contributed by atoms with Gasteiger partial charge in [-0.15, -0.1) is 0 Å². The molecule has 0 saturated heterocycles. The monoisotopic (exact) mass is 272 g/mol. The summed E-state index contributed by atoms with van der Waals surface area (Å²) in [7, 11) is 0. The Bertz CT molecular complexity index is 596. The zero-order valence-corrected chi connectivity index (χ0v) is 12.3. The molecule has 0 aliphatic rings. The molecular weight excluding hydrogens is 252 g/mol. The van der Waals surface area contributed by atoms with Gasteiger partial charge in [-0.1, -0.05) is 6.07 Å². The van der Waals surface area contributed by atoms with Gasteiger partial charge >= 0.3 is 6.03 Å². The van der Waals surface area contributed by atoms with Gasteiger partial charge in [0, 0.05) is 5.69 Å². The van der Waals surface area contributed by atoms with Crippen LogP contribution in [0, 0.1) is 20.8 Å². The fourth-order valence-corrected chi connectivity index (χ4v) is 2.17. The van der Waals surface area contributed by atoms with E-state index in [0.29, 0.717) is 0 Å². The molecule has 20 heavy (non-hydrogen) atoms. The van der Waals surface area contributed by atoms with Crippen LogP contribution in [0.2, 0.25) is 0 Å². The number of carbonyl (C=O) groups is 1. The Morgan fingerprint density at radius 1 is 1.10 bits per heavy atom. The second kappa shape index (κ2) is 5.82. The molecule has 0 fully saturated rings. The van der Waals surface area contributed by atoms with Crippen LogP contribution in [-0.2, 0) is 0 Å². The summed E-state index contributed by atoms with van der Waals surface area (Å²) in [6, 6.07) is 9.29. The SMILES string of the molecule is Cc1cc(C)cc(NC(=O)N[C@@H](C)c2ccc(C)o2)c1. The summed E-state index contributed by atoms with van der Waals surface area (Å²) in [6.07, 6.45) is 0. The molecule has 2 N–H and O–H groups in total. The van der Waals surface area contributed by atoms with Gasteiger partial charge < -0.3 is 15.1 Å². The van der Waals surface area contributed by atoms with Crippen LogP contribution < -0.4 is 10.6 Å². The molecule has 0 spiro atoms. The summed E-state index contributed by atoms with van der Waals surface area (Å²) < 4.78 is 5.49. The third-order valence-electron chi connectivity index (χ3n) is 3.02. The van der Waals surface area contributed by atoms with Gasteiger partial charge in [-0.3, -0.25) is 0 Å². The first-order chi connectivity index (χ1) is 9.44. The minimum Gasteiger partial charge on any atom is -0.464 e. The molecule has 0 radical (unpaired) electrons. The van der Waals surface area contributed by atoms with Crippen molar-refractivity contribution in [3.05, 3.63) is 53.0 Å². The standard InChI is InChI=1S/C16H20N2O2/c1-10-7-11(2)9-14(8-10)18-16(19)17-13(4)15-6-5-12(3)20-15/h5-9,13H,1-4H3,(H2,17,18,19)/t13-/m0/s1. The van der Waals surface area contributed by atoms with Crippen molar-refractivity contribution < 1.29 is 9.21 Å². The van der Waals surface area contributed by atoms with Crippen molar-refractivity contribution in [1.82, 2.24) is 5.32 Å². The number of nitrogens with one attached hydrogen (secondary N) is 2. The Morgan fingerprint density at radius 2 is 1.75 bits per heavy atom. The molecule has 1 aromatic heterocycles. The molecular formula is C16H20N2O2. The van der Waals surface area contributed by atoms with E-state index in [1.54, 1.807) is 0 Å². The highest BCUT2D eigenvalue weighted by Gasteiger charge is 2.12. The molecule has 2 rings (SSSR count). The molecule has 2 aromatic rings. The molecule has 0 bridgehead atoms. The number of rotatable bonds is 3. The fraction of sp³-hybridized carbons (Fsp3) is 0.312. The van der Waals surface area contributed by atoms with Crippen molar-refractivity contribution in [2.45, 2.75) is 33.7 Å². The molecule has 0 aliphatic carbocycles. The van der Waals surface area contributed by atoms with Gasteiger partial charge in [-0.2, -0.15) is 0 Å². The van der Waals surface area contributed by atoms with Crippen LogP contribution in [0.4, 0.5) is 10.5 Å². The van der Waals surface area contributed by atoms with E-state index in [1.807, 2.05) is 52.0 Å². The number of furan rings is 1. The maximum atomic E-state index is 12.0. The van der Waals surface area contributed by atoms with E-state index < -0.39 is 0 Å². The van der Waals surface area contributed by atoms with Gasteiger partial charge in [-0.25, -0.2) is 4.79 Å². The van der Waals surface area contributed by atoms with Gasteiger partial charge in [0.05, 0.1) is 6.04 Å². The minimum absolute atomic E-state index is 0.172. The van der Waals surface area contributed by atoms with Gasteiger partial charge in [0.2, 0.25) is 0 Å². The summed E-state index contributed by atoms with van der Waals surface area (Å²) in [5, 5.41) is 5.69. The van der Waals surface area contributed by atoms with E-state index in [2.05, 4.69) is 16.7 Å². The molecule has 1 atom stereocenters. The molecule has 2 amide bonds. The Kier molecular flexibility index (Phi) is 4.13.